The van der Waals surface area contributed by atoms with Crippen LogP contribution in [0.4, 0.5) is 0 Å². The number of benzene rings is 1. The van der Waals surface area contributed by atoms with Gasteiger partial charge in [-0.3, -0.25) is 0 Å². The molecule has 76 valence electrons. The molecule has 1 unspecified atom stereocenters. The lowest BCUT2D eigenvalue weighted by atomic mass is 10.0. The lowest BCUT2D eigenvalue weighted by Gasteiger charge is -2.08. The molecule has 1 aromatic carbocycles. The predicted molar refractivity (Wildman–Crippen MR) is 61.9 cm³/mol. The summed E-state index contributed by atoms with van der Waals surface area (Å²) in [6, 6.07) is 8.21. The first kappa shape index (κ1) is 11.3. The zero-order valence-electron chi connectivity index (χ0n) is 8.86. The Bertz CT molecular complexity index is 307. The molecule has 0 bridgehead atoms. The Labute approximate surface area is 89.9 Å². The summed E-state index contributed by atoms with van der Waals surface area (Å²) in [4.78, 5) is 11.9. The van der Waals surface area contributed by atoms with E-state index in [4.69, 9.17) is 0 Å². The van der Waals surface area contributed by atoms with Gasteiger partial charge in [0.15, 0.2) is 0 Å². The third kappa shape index (κ3) is 3.18. The molecule has 2 heteroatoms. The van der Waals surface area contributed by atoms with Crippen LogP contribution in [0.5, 0.6) is 0 Å². The summed E-state index contributed by atoms with van der Waals surface area (Å²) < 4.78 is 0. The zero-order chi connectivity index (χ0) is 10.6. The van der Waals surface area contributed by atoms with Gasteiger partial charge in [-0.15, -0.1) is 11.8 Å². The maximum absolute atomic E-state index is 10.6. The second kappa shape index (κ2) is 5.20. The Morgan fingerprint density at radius 2 is 2.00 bits per heavy atom. The van der Waals surface area contributed by atoms with E-state index in [9.17, 15) is 4.79 Å². The summed E-state index contributed by atoms with van der Waals surface area (Å²) in [5.41, 5.74) is 1.10. The summed E-state index contributed by atoms with van der Waals surface area (Å²) >= 11 is 1.82. The minimum atomic E-state index is 0.00251. The van der Waals surface area contributed by atoms with Gasteiger partial charge in [-0.2, -0.15) is 0 Å². The van der Waals surface area contributed by atoms with Crippen molar-refractivity contribution in [3.05, 3.63) is 29.8 Å². The van der Waals surface area contributed by atoms with Gasteiger partial charge in [0, 0.05) is 16.1 Å². The Morgan fingerprint density at radius 3 is 2.57 bits per heavy atom. The molecule has 0 saturated heterocycles. The highest BCUT2D eigenvalue weighted by molar-refractivity contribution is 7.99. The van der Waals surface area contributed by atoms with Crippen LogP contribution < -0.4 is 0 Å². The highest BCUT2D eigenvalue weighted by Crippen LogP contribution is 2.25. The van der Waals surface area contributed by atoms with E-state index in [-0.39, 0.29) is 5.92 Å². The highest BCUT2D eigenvalue weighted by atomic mass is 32.2. The standard InChI is InChI=1S/C12H16OS/c1-9(2)14-12-6-4-5-11(7-12)10(3)8-13/h4-10H,1-3H3. The summed E-state index contributed by atoms with van der Waals surface area (Å²) in [6.07, 6.45) is 0.985. The monoisotopic (exact) mass is 208 g/mol. The van der Waals surface area contributed by atoms with E-state index in [0.717, 1.165) is 11.8 Å². The Hall–Kier alpha value is -0.760. The number of carbonyl (C=O) groups is 1. The molecule has 1 nitrogen and oxygen atoms in total. The third-order valence-electron chi connectivity index (χ3n) is 1.96. The van der Waals surface area contributed by atoms with Crippen molar-refractivity contribution in [2.45, 2.75) is 36.8 Å². The number of thioether (sulfide) groups is 1. The van der Waals surface area contributed by atoms with Crippen LogP contribution in [0.15, 0.2) is 29.2 Å². The molecule has 0 fully saturated rings. The van der Waals surface area contributed by atoms with Crippen molar-refractivity contribution < 1.29 is 4.79 Å². The van der Waals surface area contributed by atoms with Gasteiger partial charge in [-0.25, -0.2) is 0 Å². The van der Waals surface area contributed by atoms with Gasteiger partial charge in [0.2, 0.25) is 0 Å². The van der Waals surface area contributed by atoms with Gasteiger partial charge in [0.1, 0.15) is 6.29 Å². The second-order valence-corrected chi connectivity index (χ2v) is 5.31. The van der Waals surface area contributed by atoms with Crippen LogP contribution in [-0.4, -0.2) is 11.5 Å². The SMILES string of the molecule is CC(C)Sc1cccc(C(C)C=O)c1. The van der Waals surface area contributed by atoms with Crippen molar-refractivity contribution >= 4 is 18.0 Å². The Kier molecular flexibility index (Phi) is 4.21. The largest absolute Gasteiger partial charge is 0.303 e. The van der Waals surface area contributed by atoms with Crippen molar-refractivity contribution in [2.24, 2.45) is 0 Å². The van der Waals surface area contributed by atoms with Gasteiger partial charge >= 0.3 is 0 Å². The number of hydrogen-bond acceptors (Lipinski definition) is 2. The molecule has 0 spiro atoms. The molecule has 1 atom stereocenters. The van der Waals surface area contributed by atoms with Crippen LogP contribution in [0.2, 0.25) is 0 Å². The first-order valence-corrected chi connectivity index (χ1v) is 5.73. The lowest BCUT2D eigenvalue weighted by molar-refractivity contribution is -0.108. The van der Waals surface area contributed by atoms with Gasteiger partial charge in [0.25, 0.3) is 0 Å². The van der Waals surface area contributed by atoms with Crippen molar-refractivity contribution in [1.82, 2.24) is 0 Å². The average Bonchev–Trinajstić information content (AvgIpc) is 2.16. The molecular weight excluding hydrogens is 192 g/mol. The van der Waals surface area contributed by atoms with Crippen LogP contribution in [0, 0.1) is 0 Å². The van der Waals surface area contributed by atoms with Crippen molar-refractivity contribution in [2.75, 3.05) is 0 Å². The number of aldehydes is 1. The lowest BCUT2D eigenvalue weighted by Crippen LogP contribution is -1.94. The van der Waals surface area contributed by atoms with E-state index in [2.05, 4.69) is 26.0 Å². The molecule has 14 heavy (non-hydrogen) atoms. The zero-order valence-corrected chi connectivity index (χ0v) is 9.67. The van der Waals surface area contributed by atoms with E-state index < -0.39 is 0 Å². The van der Waals surface area contributed by atoms with Crippen LogP contribution in [-0.2, 0) is 4.79 Å². The molecule has 1 rings (SSSR count). The first-order valence-electron chi connectivity index (χ1n) is 4.85. The fourth-order valence-corrected chi connectivity index (χ4v) is 2.13. The molecule has 0 amide bonds. The molecule has 0 radical (unpaired) electrons. The molecule has 0 heterocycles. The molecule has 0 aliphatic heterocycles. The van der Waals surface area contributed by atoms with E-state index in [1.54, 1.807) is 0 Å². The van der Waals surface area contributed by atoms with Crippen LogP contribution >= 0.6 is 11.8 Å². The maximum Gasteiger partial charge on any atom is 0.127 e. The average molecular weight is 208 g/mol. The fourth-order valence-electron chi connectivity index (χ4n) is 1.22. The van der Waals surface area contributed by atoms with E-state index in [1.807, 2.05) is 30.8 Å². The van der Waals surface area contributed by atoms with E-state index in [1.165, 1.54) is 4.90 Å². The highest BCUT2D eigenvalue weighted by Gasteiger charge is 2.05. The van der Waals surface area contributed by atoms with Crippen LogP contribution in [0.1, 0.15) is 32.3 Å². The number of rotatable bonds is 4. The first-order chi connectivity index (χ1) is 6.63. The van der Waals surface area contributed by atoms with Crippen LogP contribution in [0.25, 0.3) is 0 Å². The van der Waals surface area contributed by atoms with Crippen molar-refractivity contribution in [3.63, 3.8) is 0 Å². The molecular formula is C12H16OS. The quantitative estimate of drug-likeness (QED) is 0.556. The minimum absolute atomic E-state index is 0.00251. The van der Waals surface area contributed by atoms with Gasteiger partial charge in [-0.05, 0) is 17.7 Å². The summed E-state index contributed by atoms with van der Waals surface area (Å²) in [7, 11) is 0. The number of hydrogen-bond donors (Lipinski definition) is 0. The third-order valence-corrected chi connectivity index (χ3v) is 2.96. The molecule has 0 aromatic heterocycles. The number of carbonyl (C=O) groups excluding carboxylic acids is 1. The summed E-state index contributed by atoms with van der Waals surface area (Å²) in [5.74, 6) is 0.00251. The predicted octanol–water partition coefficient (Wildman–Crippen LogP) is 3.49. The Balaban J connectivity index is 2.83. The molecule has 0 saturated carbocycles. The second-order valence-electron chi connectivity index (χ2n) is 3.66. The minimum Gasteiger partial charge on any atom is -0.303 e. The topological polar surface area (TPSA) is 17.1 Å². The molecule has 0 N–H and O–H groups in total. The fraction of sp³-hybridized carbons (Fsp3) is 0.417. The van der Waals surface area contributed by atoms with Crippen molar-refractivity contribution in [3.8, 4) is 0 Å². The maximum atomic E-state index is 10.6. The Morgan fingerprint density at radius 1 is 1.29 bits per heavy atom. The summed E-state index contributed by atoms with van der Waals surface area (Å²) in [5, 5.41) is 0.580. The molecule has 0 aliphatic rings. The normalized spacial score (nSPS) is 12.9. The smallest absolute Gasteiger partial charge is 0.127 e. The van der Waals surface area contributed by atoms with Gasteiger partial charge in [0.05, 0.1) is 0 Å². The van der Waals surface area contributed by atoms with Gasteiger partial charge < -0.3 is 4.79 Å². The van der Waals surface area contributed by atoms with E-state index in [0.29, 0.717) is 5.25 Å². The van der Waals surface area contributed by atoms with Gasteiger partial charge in [-0.1, -0.05) is 32.9 Å². The van der Waals surface area contributed by atoms with Crippen molar-refractivity contribution in [1.29, 1.82) is 0 Å². The molecule has 0 aliphatic carbocycles. The summed E-state index contributed by atoms with van der Waals surface area (Å²) in [6.45, 7) is 6.26. The van der Waals surface area contributed by atoms with Crippen LogP contribution in [0.3, 0.4) is 0 Å². The molecule has 1 aromatic rings. The van der Waals surface area contributed by atoms with E-state index >= 15 is 0 Å².